The molecule has 0 bridgehead atoms. The number of ether oxygens (including phenoxy) is 1. The fraction of sp³-hybridized carbons (Fsp3) is 0.500. The second kappa shape index (κ2) is 4.30. The largest absolute Gasteiger partial charge is 0.371 e. The molecule has 2 aromatic rings. The molecule has 2 heterocycles. The molecule has 1 saturated heterocycles. The molecular formula is C14H16N2OS. The average molecular weight is 260 g/mol. The average Bonchev–Trinajstić information content (AvgIpc) is 3.19. The van der Waals surface area contributed by atoms with Gasteiger partial charge in [0.25, 0.3) is 0 Å². The highest BCUT2D eigenvalue weighted by Gasteiger charge is 2.27. The lowest BCUT2D eigenvalue weighted by Gasteiger charge is -2.23. The predicted molar refractivity (Wildman–Crippen MR) is 73.2 cm³/mol. The molecule has 2 aliphatic rings. The van der Waals surface area contributed by atoms with Gasteiger partial charge in [-0.2, -0.15) is 0 Å². The van der Waals surface area contributed by atoms with Crippen LogP contribution in [0.3, 0.4) is 0 Å². The summed E-state index contributed by atoms with van der Waals surface area (Å²) >= 11 is 1.86. The Labute approximate surface area is 110 Å². The molecular weight excluding hydrogens is 244 g/mol. The van der Waals surface area contributed by atoms with Crippen molar-refractivity contribution >= 4 is 21.6 Å². The zero-order valence-corrected chi connectivity index (χ0v) is 11.0. The van der Waals surface area contributed by atoms with Gasteiger partial charge in [-0.1, -0.05) is 6.07 Å². The maximum atomic E-state index is 5.80. The van der Waals surface area contributed by atoms with Gasteiger partial charge in [-0.15, -0.1) is 11.3 Å². The molecule has 1 aliphatic carbocycles. The summed E-state index contributed by atoms with van der Waals surface area (Å²) in [5.74, 6) is 0.749. The summed E-state index contributed by atoms with van der Waals surface area (Å²) in [6.07, 6.45) is 2.85. The summed E-state index contributed by atoms with van der Waals surface area (Å²) in [7, 11) is 0. The van der Waals surface area contributed by atoms with Gasteiger partial charge in [-0.3, -0.25) is 0 Å². The second-order valence-corrected chi connectivity index (χ2v) is 6.18. The highest BCUT2D eigenvalue weighted by molar-refractivity contribution is 7.18. The number of nitrogens with zero attached hydrogens (tertiary/aromatic N) is 1. The Balaban J connectivity index is 1.69. The maximum absolute atomic E-state index is 5.80. The van der Waals surface area contributed by atoms with Crippen LogP contribution < -0.4 is 5.32 Å². The Morgan fingerprint density at radius 3 is 3.06 bits per heavy atom. The van der Waals surface area contributed by atoms with Gasteiger partial charge in [0.15, 0.2) is 0 Å². The molecule has 2 fully saturated rings. The fourth-order valence-electron chi connectivity index (χ4n) is 2.44. The standard InChI is InChI=1S/C14H16N2OS/c1-2-9(1)14-16-11-4-3-10(7-13(11)18-14)12-8-15-5-6-17-12/h3-4,7,9,12,15H,1-2,5-6,8H2. The first-order chi connectivity index (χ1) is 8.90. The Morgan fingerprint density at radius 2 is 2.28 bits per heavy atom. The molecule has 3 nitrogen and oxygen atoms in total. The van der Waals surface area contributed by atoms with E-state index in [1.54, 1.807) is 0 Å². The lowest BCUT2D eigenvalue weighted by Crippen LogP contribution is -2.33. The van der Waals surface area contributed by atoms with Crippen LogP contribution in [-0.2, 0) is 4.74 Å². The molecule has 1 unspecified atom stereocenters. The zero-order valence-electron chi connectivity index (χ0n) is 10.2. The highest BCUT2D eigenvalue weighted by Crippen LogP contribution is 2.43. The predicted octanol–water partition coefficient (Wildman–Crippen LogP) is 2.83. The second-order valence-electron chi connectivity index (χ2n) is 5.12. The molecule has 1 atom stereocenters. The van der Waals surface area contributed by atoms with Gasteiger partial charge in [-0.05, 0) is 30.5 Å². The van der Waals surface area contributed by atoms with Gasteiger partial charge in [0.05, 0.1) is 27.9 Å². The van der Waals surface area contributed by atoms with Crippen LogP contribution in [0.2, 0.25) is 0 Å². The van der Waals surface area contributed by atoms with Crippen molar-refractivity contribution in [1.29, 1.82) is 0 Å². The van der Waals surface area contributed by atoms with Gasteiger partial charge < -0.3 is 10.1 Å². The first-order valence-corrected chi connectivity index (χ1v) is 7.44. The molecule has 0 amide bonds. The van der Waals surface area contributed by atoms with E-state index in [-0.39, 0.29) is 6.10 Å². The third kappa shape index (κ3) is 1.94. The van der Waals surface area contributed by atoms with Crippen molar-refractivity contribution in [2.75, 3.05) is 19.7 Å². The Hall–Kier alpha value is -0.970. The number of thiazole rings is 1. The maximum Gasteiger partial charge on any atom is 0.0969 e. The number of hydrogen-bond acceptors (Lipinski definition) is 4. The van der Waals surface area contributed by atoms with E-state index < -0.39 is 0 Å². The van der Waals surface area contributed by atoms with E-state index >= 15 is 0 Å². The van der Waals surface area contributed by atoms with Crippen LogP contribution in [0.15, 0.2) is 18.2 Å². The van der Waals surface area contributed by atoms with E-state index in [4.69, 9.17) is 9.72 Å². The lowest BCUT2D eigenvalue weighted by molar-refractivity contribution is 0.0278. The number of rotatable bonds is 2. The van der Waals surface area contributed by atoms with Crippen LogP contribution in [0, 0.1) is 0 Å². The molecule has 1 aromatic heterocycles. The highest BCUT2D eigenvalue weighted by atomic mass is 32.1. The lowest BCUT2D eigenvalue weighted by atomic mass is 10.1. The van der Waals surface area contributed by atoms with Crippen molar-refractivity contribution in [1.82, 2.24) is 10.3 Å². The van der Waals surface area contributed by atoms with E-state index in [0.29, 0.717) is 0 Å². The van der Waals surface area contributed by atoms with Crippen molar-refractivity contribution in [3.8, 4) is 0 Å². The van der Waals surface area contributed by atoms with E-state index in [1.165, 1.54) is 28.1 Å². The monoisotopic (exact) mass is 260 g/mol. The summed E-state index contributed by atoms with van der Waals surface area (Å²) in [5, 5.41) is 4.70. The topological polar surface area (TPSA) is 34.2 Å². The van der Waals surface area contributed by atoms with Crippen LogP contribution in [-0.4, -0.2) is 24.7 Å². The van der Waals surface area contributed by atoms with Crippen LogP contribution >= 0.6 is 11.3 Å². The first kappa shape index (κ1) is 10.9. The van der Waals surface area contributed by atoms with E-state index in [2.05, 4.69) is 23.5 Å². The molecule has 4 heteroatoms. The summed E-state index contributed by atoms with van der Waals surface area (Å²) in [6.45, 7) is 2.68. The van der Waals surface area contributed by atoms with E-state index in [9.17, 15) is 0 Å². The molecule has 1 aliphatic heterocycles. The quantitative estimate of drug-likeness (QED) is 0.901. The minimum absolute atomic E-state index is 0.203. The van der Waals surface area contributed by atoms with Gasteiger partial charge in [0.1, 0.15) is 0 Å². The molecule has 1 aromatic carbocycles. The molecule has 0 spiro atoms. The third-order valence-electron chi connectivity index (χ3n) is 3.66. The summed E-state index contributed by atoms with van der Waals surface area (Å²) in [4.78, 5) is 4.72. The van der Waals surface area contributed by atoms with Crippen molar-refractivity contribution < 1.29 is 4.74 Å². The minimum atomic E-state index is 0.203. The fourth-order valence-corrected chi connectivity index (χ4v) is 3.63. The Kier molecular flexibility index (Phi) is 2.60. The summed E-state index contributed by atoms with van der Waals surface area (Å²) in [5.41, 5.74) is 2.43. The van der Waals surface area contributed by atoms with Crippen molar-refractivity contribution in [3.63, 3.8) is 0 Å². The van der Waals surface area contributed by atoms with Gasteiger partial charge >= 0.3 is 0 Å². The van der Waals surface area contributed by atoms with Gasteiger partial charge in [-0.25, -0.2) is 4.98 Å². The number of hydrogen-bond donors (Lipinski definition) is 1. The summed E-state index contributed by atoms with van der Waals surface area (Å²) < 4.78 is 7.11. The molecule has 94 valence electrons. The smallest absolute Gasteiger partial charge is 0.0969 e. The normalized spacial score (nSPS) is 24.6. The van der Waals surface area contributed by atoms with Crippen LogP contribution in [0.4, 0.5) is 0 Å². The van der Waals surface area contributed by atoms with Crippen LogP contribution in [0.5, 0.6) is 0 Å². The Morgan fingerprint density at radius 1 is 1.33 bits per heavy atom. The van der Waals surface area contributed by atoms with Crippen molar-refractivity contribution in [2.45, 2.75) is 24.9 Å². The van der Waals surface area contributed by atoms with Crippen LogP contribution in [0.25, 0.3) is 10.2 Å². The molecule has 0 radical (unpaired) electrons. The number of fused-ring (bicyclic) bond motifs is 1. The van der Waals surface area contributed by atoms with Crippen LogP contribution in [0.1, 0.15) is 35.4 Å². The minimum Gasteiger partial charge on any atom is -0.371 e. The van der Waals surface area contributed by atoms with Gasteiger partial charge in [0.2, 0.25) is 0 Å². The van der Waals surface area contributed by atoms with E-state index in [1.807, 2.05) is 11.3 Å². The van der Waals surface area contributed by atoms with Gasteiger partial charge in [0, 0.05) is 19.0 Å². The van der Waals surface area contributed by atoms with E-state index in [0.717, 1.165) is 31.1 Å². The number of morpholine rings is 1. The summed E-state index contributed by atoms with van der Waals surface area (Å²) in [6, 6.07) is 6.57. The molecule has 1 saturated carbocycles. The number of nitrogens with one attached hydrogen (secondary N) is 1. The zero-order chi connectivity index (χ0) is 11.9. The SMILES string of the molecule is c1cc2nc(C3CC3)sc2cc1C1CNCCO1. The first-order valence-electron chi connectivity index (χ1n) is 6.63. The number of aromatic nitrogens is 1. The third-order valence-corrected chi connectivity index (χ3v) is 4.84. The molecule has 4 rings (SSSR count). The van der Waals surface area contributed by atoms with Crippen molar-refractivity contribution in [2.24, 2.45) is 0 Å². The number of benzene rings is 1. The molecule has 18 heavy (non-hydrogen) atoms. The Bertz CT molecular complexity index is 570. The molecule has 1 N–H and O–H groups in total. The van der Waals surface area contributed by atoms with Crippen molar-refractivity contribution in [3.05, 3.63) is 28.8 Å².